The van der Waals surface area contributed by atoms with Crippen molar-refractivity contribution in [2.45, 2.75) is 51.6 Å². The summed E-state index contributed by atoms with van der Waals surface area (Å²) in [5.41, 5.74) is -0.0392. The van der Waals surface area contributed by atoms with Crippen LogP contribution in [-0.2, 0) is 12.0 Å². The number of thioether (sulfide) groups is 1. The van der Waals surface area contributed by atoms with Crippen LogP contribution in [0, 0.1) is 0 Å². The predicted molar refractivity (Wildman–Crippen MR) is 70.2 cm³/mol. The van der Waals surface area contributed by atoms with Crippen molar-refractivity contribution in [2.24, 2.45) is 0 Å². The number of hydrogen-bond acceptors (Lipinski definition) is 5. The molecule has 0 aliphatic carbocycles. The van der Waals surface area contributed by atoms with Gasteiger partial charge in [-0.05, 0) is 18.6 Å². The molecule has 96 valence electrons. The number of aromatic nitrogens is 2. The summed E-state index contributed by atoms with van der Waals surface area (Å²) in [5.74, 6) is 3.98. The third-order valence-corrected chi connectivity index (χ3v) is 4.06. The lowest BCUT2D eigenvalue weighted by Crippen LogP contribution is -2.33. The highest BCUT2D eigenvalue weighted by Gasteiger charge is 2.21. The molecule has 1 aliphatic rings. The van der Waals surface area contributed by atoms with E-state index in [-0.39, 0.29) is 5.41 Å². The molecule has 1 saturated heterocycles. The van der Waals surface area contributed by atoms with E-state index in [1.165, 1.54) is 24.3 Å². The SMILES string of the molecule is CC(C)(C)c1noc(CNC2CCCSC2)n1. The molecule has 1 aromatic heterocycles. The molecule has 1 aliphatic heterocycles. The van der Waals surface area contributed by atoms with Gasteiger partial charge >= 0.3 is 0 Å². The molecule has 5 heteroatoms. The fourth-order valence-electron chi connectivity index (χ4n) is 1.76. The highest BCUT2D eigenvalue weighted by Crippen LogP contribution is 2.19. The number of hydrogen-bond donors (Lipinski definition) is 1. The van der Waals surface area contributed by atoms with Crippen LogP contribution in [-0.4, -0.2) is 27.7 Å². The van der Waals surface area contributed by atoms with Gasteiger partial charge in [0.2, 0.25) is 5.89 Å². The van der Waals surface area contributed by atoms with Crippen molar-refractivity contribution in [1.29, 1.82) is 0 Å². The van der Waals surface area contributed by atoms with Crippen molar-refractivity contribution in [2.75, 3.05) is 11.5 Å². The van der Waals surface area contributed by atoms with Crippen molar-refractivity contribution in [3.63, 3.8) is 0 Å². The molecule has 1 N–H and O–H groups in total. The highest BCUT2D eigenvalue weighted by molar-refractivity contribution is 7.99. The van der Waals surface area contributed by atoms with Gasteiger partial charge in [-0.1, -0.05) is 25.9 Å². The molecule has 1 fully saturated rings. The molecular weight excluding hydrogens is 234 g/mol. The third-order valence-electron chi connectivity index (χ3n) is 2.84. The van der Waals surface area contributed by atoms with Crippen molar-refractivity contribution in [3.05, 3.63) is 11.7 Å². The summed E-state index contributed by atoms with van der Waals surface area (Å²) in [6.45, 7) is 6.96. The van der Waals surface area contributed by atoms with Gasteiger partial charge in [0.25, 0.3) is 0 Å². The number of rotatable bonds is 3. The summed E-state index contributed by atoms with van der Waals surface area (Å²) in [6, 6.07) is 0.596. The van der Waals surface area contributed by atoms with Crippen molar-refractivity contribution < 1.29 is 4.52 Å². The van der Waals surface area contributed by atoms with Crippen LogP contribution in [0.2, 0.25) is 0 Å². The fraction of sp³-hybridized carbons (Fsp3) is 0.833. The van der Waals surface area contributed by atoms with Gasteiger partial charge in [0.15, 0.2) is 5.82 Å². The first-order valence-corrected chi connectivity index (χ1v) is 7.35. The van der Waals surface area contributed by atoms with Crippen LogP contribution in [0.5, 0.6) is 0 Å². The second-order valence-electron chi connectivity index (χ2n) is 5.56. The number of nitrogens with one attached hydrogen (secondary N) is 1. The average molecular weight is 255 g/mol. The summed E-state index contributed by atoms with van der Waals surface area (Å²) in [6.07, 6.45) is 2.56. The van der Waals surface area contributed by atoms with Gasteiger partial charge in [0.05, 0.1) is 6.54 Å². The molecule has 0 amide bonds. The minimum absolute atomic E-state index is 0.0392. The molecule has 1 aromatic rings. The zero-order valence-electron chi connectivity index (χ0n) is 10.8. The molecule has 17 heavy (non-hydrogen) atoms. The van der Waals surface area contributed by atoms with E-state index in [9.17, 15) is 0 Å². The maximum atomic E-state index is 5.25. The Morgan fingerprint density at radius 2 is 2.29 bits per heavy atom. The minimum atomic E-state index is -0.0392. The molecular formula is C12H21N3OS. The zero-order chi connectivity index (χ0) is 12.3. The molecule has 0 aromatic carbocycles. The second-order valence-corrected chi connectivity index (χ2v) is 6.71. The quantitative estimate of drug-likeness (QED) is 0.898. The first-order chi connectivity index (χ1) is 8.05. The minimum Gasteiger partial charge on any atom is -0.338 e. The molecule has 0 saturated carbocycles. The van der Waals surface area contributed by atoms with Crippen LogP contribution in [0.25, 0.3) is 0 Å². The Kier molecular flexibility index (Phi) is 4.09. The van der Waals surface area contributed by atoms with Crippen molar-refractivity contribution in [3.8, 4) is 0 Å². The lowest BCUT2D eigenvalue weighted by atomic mass is 9.96. The average Bonchev–Trinajstić information content (AvgIpc) is 2.76. The van der Waals surface area contributed by atoms with Gasteiger partial charge in [-0.15, -0.1) is 0 Å². The Morgan fingerprint density at radius 1 is 1.47 bits per heavy atom. The molecule has 0 radical (unpaired) electrons. The Hall–Kier alpha value is -0.550. The summed E-state index contributed by atoms with van der Waals surface area (Å²) in [4.78, 5) is 4.42. The van der Waals surface area contributed by atoms with E-state index in [2.05, 4.69) is 36.2 Å². The largest absolute Gasteiger partial charge is 0.338 e. The van der Waals surface area contributed by atoms with Gasteiger partial charge in [0, 0.05) is 17.2 Å². The van der Waals surface area contributed by atoms with Gasteiger partial charge < -0.3 is 9.84 Å². The van der Waals surface area contributed by atoms with Crippen LogP contribution in [0.4, 0.5) is 0 Å². The van der Waals surface area contributed by atoms with E-state index >= 15 is 0 Å². The molecule has 4 nitrogen and oxygen atoms in total. The number of nitrogens with zero attached hydrogens (tertiary/aromatic N) is 2. The van der Waals surface area contributed by atoms with Gasteiger partial charge in [-0.25, -0.2) is 0 Å². The maximum absolute atomic E-state index is 5.25. The summed E-state index contributed by atoms with van der Waals surface area (Å²) < 4.78 is 5.25. The normalized spacial score (nSPS) is 21.7. The monoisotopic (exact) mass is 255 g/mol. The molecule has 1 unspecified atom stereocenters. The summed E-state index contributed by atoms with van der Waals surface area (Å²) in [5, 5.41) is 7.51. The van der Waals surface area contributed by atoms with E-state index in [0.29, 0.717) is 18.5 Å². The van der Waals surface area contributed by atoms with Crippen LogP contribution in [0.1, 0.15) is 45.3 Å². The second kappa shape index (κ2) is 5.40. The fourth-order valence-corrected chi connectivity index (χ4v) is 2.87. The smallest absolute Gasteiger partial charge is 0.240 e. The molecule has 2 heterocycles. The van der Waals surface area contributed by atoms with Crippen LogP contribution in [0.15, 0.2) is 4.52 Å². The van der Waals surface area contributed by atoms with E-state index in [1.54, 1.807) is 0 Å². The molecule has 0 bridgehead atoms. The van der Waals surface area contributed by atoms with E-state index < -0.39 is 0 Å². The topological polar surface area (TPSA) is 51.0 Å². The van der Waals surface area contributed by atoms with Gasteiger partial charge in [-0.3, -0.25) is 0 Å². The summed E-state index contributed by atoms with van der Waals surface area (Å²) in [7, 11) is 0. The van der Waals surface area contributed by atoms with Gasteiger partial charge in [-0.2, -0.15) is 16.7 Å². The third kappa shape index (κ3) is 3.71. The molecule has 2 rings (SSSR count). The lowest BCUT2D eigenvalue weighted by molar-refractivity contribution is 0.346. The van der Waals surface area contributed by atoms with Crippen LogP contribution < -0.4 is 5.32 Å². The maximum Gasteiger partial charge on any atom is 0.240 e. The summed E-state index contributed by atoms with van der Waals surface area (Å²) >= 11 is 2.02. The van der Waals surface area contributed by atoms with Crippen molar-refractivity contribution in [1.82, 2.24) is 15.5 Å². The van der Waals surface area contributed by atoms with Crippen molar-refractivity contribution >= 4 is 11.8 Å². The first-order valence-electron chi connectivity index (χ1n) is 6.20. The standard InChI is InChI=1S/C12H21N3OS/c1-12(2,3)11-14-10(16-15-11)7-13-9-5-4-6-17-8-9/h9,13H,4-8H2,1-3H3. The molecule has 1 atom stereocenters. The predicted octanol–water partition coefficient (Wildman–Crippen LogP) is 2.35. The van der Waals surface area contributed by atoms with Crippen LogP contribution in [0.3, 0.4) is 0 Å². The van der Waals surface area contributed by atoms with E-state index in [1.807, 2.05) is 11.8 Å². The zero-order valence-corrected chi connectivity index (χ0v) is 11.6. The van der Waals surface area contributed by atoms with Gasteiger partial charge in [0.1, 0.15) is 0 Å². The van der Waals surface area contributed by atoms with E-state index in [4.69, 9.17) is 4.52 Å². The van der Waals surface area contributed by atoms with Crippen LogP contribution >= 0.6 is 11.8 Å². The first kappa shape index (κ1) is 12.9. The molecule has 0 spiro atoms. The Bertz CT molecular complexity index is 353. The Balaban J connectivity index is 1.84. The van der Waals surface area contributed by atoms with E-state index in [0.717, 1.165) is 5.82 Å². The highest BCUT2D eigenvalue weighted by atomic mass is 32.2. The Morgan fingerprint density at radius 3 is 2.88 bits per heavy atom. The Labute approximate surface area is 107 Å². The lowest BCUT2D eigenvalue weighted by Gasteiger charge is -2.21.